The highest BCUT2D eigenvalue weighted by Crippen LogP contribution is 2.39. The fraction of sp³-hybridized carbons (Fsp3) is 0.0833. The highest BCUT2D eigenvalue weighted by molar-refractivity contribution is 7.22. The van der Waals surface area contributed by atoms with Crippen molar-refractivity contribution in [3.63, 3.8) is 0 Å². The van der Waals surface area contributed by atoms with Gasteiger partial charge in [-0.2, -0.15) is 13.2 Å². The number of para-hydroxylation sites is 1. The van der Waals surface area contributed by atoms with Crippen LogP contribution in [0.15, 0.2) is 83.5 Å². The number of anilines is 1. The van der Waals surface area contributed by atoms with E-state index in [0.717, 1.165) is 28.2 Å². The number of furan rings is 1. The van der Waals surface area contributed by atoms with Crippen molar-refractivity contribution < 1.29 is 22.4 Å². The number of nitrogens with zero attached hydrogens (tertiary/aromatic N) is 2. The van der Waals surface area contributed by atoms with Gasteiger partial charge in [0.15, 0.2) is 5.13 Å². The summed E-state index contributed by atoms with van der Waals surface area (Å²) in [7, 11) is 0. The fourth-order valence-corrected chi connectivity index (χ4v) is 4.61. The molecule has 0 aliphatic heterocycles. The van der Waals surface area contributed by atoms with Gasteiger partial charge in [0.25, 0.3) is 5.91 Å². The second-order valence-electron chi connectivity index (χ2n) is 7.14. The van der Waals surface area contributed by atoms with Gasteiger partial charge in [-0.1, -0.05) is 53.8 Å². The number of benzene rings is 3. The van der Waals surface area contributed by atoms with Crippen LogP contribution < -0.4 is 4.90 Å². The first kappa shape index (κ1) is 20.3. The highest BCUT2D eigenvalue weighted by atomic mass is 32.1. The van der Waals surface area contributed by atoms with Gasteiger partial charge < -0.3 is 4.42 Å². The average molecular weight is 452 g/mol. The smallest absolute Gasteiger partial charge is 0.418 e. The van der Waals surface area contributed by atoms with Crippen LogP contribution in [-0.2, 0) is 12.7 Å². The first-order valence-corrected chi connectivity index (χ1v) is 10.5. The summed E-state index contributed by atoms with van der Waals surface area (Å²) in [5.41, 5.74) is -0.562. The first-order chi connectivity index (χ1) is 15.4. The maximum atomic E-state index is 13.7. The Labute approximate surface area is 184 Å². The molecular weight excluding hydrogens is 437 g/mol. The van der Waals surface area contributed by atoms with Crippen molar-refractivity contribution >= 4 is 43.4 Å². The second-order valence-corrected chi connectivity index (χ2v) is 8.15. The van der Waals surface area contributed by atoms with Crippen LogP contribution in [0.5, 0.6) is 0 Å². The molecule has 3 aromatic carbocycles. The highest BCUT2D eigenvalue weighted by Gasteiger charge is 2.34. The van der Waals surface area contributed by atoms with Crippen molar-refractivity contribution in [1.29, 1.82) is 0 Å². The molecule has 0 saturated heterocycles. The third-order valence-corrected chi connectivity index (χ3v) is 6.15. The van der Waals surface area contributed by atoms with Gasteiger partial charge >= 0.3 is 6.18 Å². The fourth-order valence-electron chi connectivity index (χ4n) is 3.62. The van der Waals surface area contributed by atoms with Gasteiger partial charge in [-0.05, 0) is 41.1 Å². The molecule has 0 unspecified atom stereocenters. The number of aromatic nitrogens is 1. The predicted octanol–water partition coefficient (Wildman–Crippen LogP) is 6.91. The van der Waals surface area contributed by atoms with Crippen LogP contribution in [0, 0.1) is 0 Å². The van der Waals surface area contributed by atoms with Crippen LogP contribution in [0.25, 0.3) is 21.0 Å². The maximum Gasteiger partial charge on any atom is 0.418 e. The van der Waals surface area contributed by atoms with Gasteiger partial charge in [0.1, 0.15) is 5.76 Å². The maximum absolute atomic E-state index is 13.7. The Morgan fingerprint density at radius 1 is 0.969 bits per heavy atom. The van der Waals surface area contributed by atoms with Gasteiger partial charge in [-0.15, -0.1) is 0 Å². The molecule has 1 amide bonds. The molecule has 0 aliphatic rings. The first-order valence-electron chi connectivity index (χ1n) is 9.70. The molecule has 0 fully saturated rings. The van der Waals surface area contributed by atoms with Crippen molar-refractivity contribution in [2.24, 2.45) is 0 Å². The lowest BCUT2D eigenvalue weighted by molar-refractivity contribution is -0.136. The summed E-state index contributed by atoms with van der Waals surface area (Å²) < 4.78 is 46.3. The number of rotatable bonds is 4. The largest absolute Gasteiger partial charge is 0.467 e. The topological polar surface area (TPSA) is 46.3 Å². The standard InChI is InChI=1S/C24H15F3N2O2S/c25-24(26,27)19-11-4-12-20-21(19)28-23(32-20)29(14-16-8-5-13-31-16)22(30)18-10-3-7-15-6-1-2-9-17(15)18/h1-13H,14H2. The van der Waals surface area contributed by atoms with E-state index in [2.05, 4.69) is 4.98 Å². The van der Waals surface area contributed by atoms with E-state index in [4.69, 9.17) is 4.42 Å². The predicted molar refractivity (Wildman–Crippen MR) is 118 cm³/mol. The van der Waals surface area contributed by atoms with Gasteiger partial charge in [-0.25, -0.2) is 4.98 Å². The van der Waals surface area contributed by atoms with Gasteiger partial charge in [-0.3, -0.25) is 9.69 Å². The van der Waals surface area contributed by atoms with E-state index in [1.807, 2.05) is 30.3 Å². The lowest BCUT2D eigenvalue weighted by Crippen LogP contribution is -2.30. The second kappa shape index (κ2) is 7.80. The van der Waals surface area contributed by atoms with E-state index in [1.54, 1.807) is 30.3 Å². The monoisotopic (exact) mass is 452 g/mol. The molecule has 5 aromatic rings. The summed E-state index contributed by atoms with van der Waals surface area (Å²) in [5.74, 6) is 0.125. The number of carbonyl (C=O) groups excluding carboxylic acids is 1. The summed E-state index contributed by atoms with van der Waals surface area (Å²) in [5, 5.41) is 1.81. The van der Waals surface area contributed by atoms with E-state index in [0.29, 0.717) is 16.0 Å². The van der Waals surface area contributed by atoms with E-state index >= 15 is 0 Å². The Hall–Kier alpha value is -3.65. The van der Waals surface area contributed by atoms with Crippen molar-refractivity contribution in [1.82, 2.24) is 4.98 Å². The van der Waals surface area contributed by atoms with Crippen molar-refractivity contribution in [2.75, 3.05) is 4.90 Å². The molecule has 0 aliphatic carbocycles. The van der Waals surface area contributed by atoms with Crippen LogP contribution >= 0.6 is 11.3 Å². The Morgan fingerprint density at radius 2 is 1.75 bits per heavy atom. The van der Waals surface area contributed by atoms with E-state index < -0.39 is 11.7 Å². The van der Waals surface area contributed by atoms with E-state index in [9.17, 15) is 18.0 Å². The van der Waals surface area contributed by atoms with E-state index in [1.165, 1.54) is 17.2 Å². The van der Waals surface area contributed by atoms with Gasteiger partial charge in [0.05, 0.1) is 28.6 Å². The molecule has 0 bridgehead atoms. The summed E-state index contributed by atoms with van der Waals surface area (Å²) in [6, 6.07) is 20.1. The number of halogens is 3. The van der Waals surface area contributed by atoms with Crippen molar-refractivity contribution in [3.8, 4) is 0 Å². The SMILES string of the molecule is O=C(c1cccc2ccccc12)N(Cc1ccco1)c1nc2c(C(F)(F)F)cccc2s1. The molecule has 2 aromatic heterocycles. The lowest BCUT2D eigenvalue weighted by Gasteiger charge is -2.19. The minimum Gasteiger partial charge on any atom is -0.467 e. The summed E-state index contributed by atoms with van der Waals surface area (Å²) in [6.45, 7) is 0.0379. The molecule has 0 saturated carbocycles. The number of fused-ring (bicyclic) bond motifs is 2. The number of amides is 1. The van der Waals surface area contributed by atoms with Crippen molar-refractivity contribution in [3.05, 3.63) is 95.9 Å². The van der Waals surface area contributed by atoms with Crippen LogP contribution in [0.3, 0.4) is 0 Å². The molecule has 5 rings (SSSR count). The zero-order valence-electron chi connectivity index (χ0n) is 16.5. The summed E-state index contributed by atoms with van der Waals surface area (Å²) >= 11 is 1.04. The molecule has 160 valence electrons. The van der Waals surface area contributed by atoms with Crippen LogP contribution in [0.2, 0.25) is 0 Å². The van der Waals surface area contributed by atoms with Crippen LogP contribution in [0.1, 0.15) is 21.7 Å². The Morgan fingerprint density at radius 3 is 2.53 bits per heavy atom. The molecule has 4 nitrogen and oxygen atoms in total. The van der Waals surface area contributed by atoms with E-state index in [-0.39, 0.29) is 23.1 Å². The minimum atomic E-state index is -4.55. The number of hydrogen-bond acceptors (Lipinski definition) is 4. The number of hydrogen-bond donors (Lipinski definition) is 0. The molecule has 0 atom stereocenters. The van der Waals surface area contributed by atoms with Crippen LogP contribution in [0.4, 0.5) is 18.3 Å². The van der Waals surface area contributed by atoms with Gasteiger partial charge in [0, 0.05) is 5.56 Å². The molecule has 8 heteroatoms. The molecule has 2 heterocycles. The number of alkyl halides is 3. The number of carbonyl (C=O) groups is 1. The normalized spacial score (nSPS) is 11.8. The zero-order chi connectivity index (χ0) is 22.3. The molecular formula is C24H15F3N2O2S. The third kappa shape index (κ3) is 3.62. The van der Waals surface area contributed by atoms with Crippen molar-refractivity contribution in [2.45, 2.75) is 12.7 Å². The summed E-state index contributed by atoms with van der Waals surface area (Å²) in [4.78, 5) is 19.3. The Balaban J connectivity index is 1.66. The van der Waals surface area contributed by atoms with Gasteiger partial charge in [0.2, 0.25) is 0 Å². The molecule has 0 spiro atoms. The van der Waals surface area contributed by atoms with Crippen LogP contribution in [-0.4, -0.2) is 10.9 Å². The quantitative estimate of drug-likeness (QED) is 0.298. The lowest BCUT2D eigenvalue weighted by atomic mass is 10.0. The zero-order valence-corrected chi connectivity index (χ0v) is 17.3. The Bertz CT molecular complexity index is 1420. The third-order valence-electron chi connectivity index (χ3n) is 5.10. The number of thiazole rings is 1. The molecule has 0 N–H and O–H groups in total. The minimum absolute atomic E-state index is 0.0379. The summed E-state index contributed by atoms with van der Waals surface area (Å²) in [6.07, 6.45) is -3.06. The average Bonchev–Trinajstić information content (AvgIpc) is 3.45. The Kier molecular flexibility index (Phi) is 4.94. The molecule has 0 radical (unpaired) electrons. The molecule has 32 heavy (non-hydrogen) atoms.